The first kappa shape index (κ1) is 13.3. The van der Waals surface area contributed by atoms with Crippen molar-refractivity contribution in [2.45, 2.75) is 19.4 Å². The summed E-state index contributed by atoms with van der Waals surface area (Å²) in [6, 6.07) is 4.70. The molecule has 0 radical (unpaired) electrons. The lowest BCUT2D eigenvalue weighted by Crippen LogP contribution is -2.26. The molecular formula is C13H15ClFNO2. The van der Waals surface area contributed by atoms with Crippen LogP contribution >= 0.6 is 11.6 Å². The molecule has 1 aromatic rings. The second-order valence-electron chi connectivity index (χ2n) is 4.67. The Kier molecular flexibility index (Phi) is 3.88. The summed E-state index contributed by atoms with van der Waals surface area (Å²) in [6.07, 6.45) is 0.661. The molecule has 0 saturated carbocycles. The molecule has 0 aromatic heterocycles. The topological polar surface area (TPSA) is 40.5 Å². The fourth-order valence-electron chi connectivity index (χ4n) is 2.32. The van der Waals surface area contributed by atoms with Gasteiger partial charge in [-0.25, -0.2) is 4.39 Å². The van der Waals surface area contributed by atoms with Crippen LogP contribution in [0, 0.1) is 11.7 Å². The van der Waals surface area contributed by atoms with E-state index in [9.17, 15) is 9.18 Å². The third-order valence-electron chi connectivity index (χ3n) is 3.54. The number of carboxylic acid groups (broad SMARTS) is 1. The second kappa shape index (κ2) is 5.24. The maximum Gasteiger partial charge on any atom is 0.307 e. The Morgan fingerprint density at radius 3 is 2.89 bits per heavy atom. The van der Waals surface area contributed by atoms with Gasteiger partial charge >= 0.3 is 5.97 Å². The Labute approximate surface area is 110 Å². The Morgan fingerprint density at radius 2 is 2.33 bits per heavy atom. The summed E-state index contributed by atoms with van der Waals surface area (Å²) in [5.74, 6) is -1.48. The van der Waals surface area contributed by atoms with Crippen LogP contribution in [0.3, 0.4) is 0 Å². The predicted molar refractivity (Wildman–Crippen MR) is 67.1 cm³/mol. The van der Waals surface area contributed by atoms with Crippen LogP contribution in [0.15, 0.2) is 18.2 Å². The molecule has 0 bridgehead atoms. The zero-order valence-electron chi connectivity index (χ0n) is 10.1. The molecule has 3 nitrogen and oxygen atoms in total. The lowest BCUT2D eigenvalue weighted by Gasteiger charge is -2.24. The molecule has 1 aliphatic rings. The molecule has 1 aromatic carbocycles. The number of benzene rings is 1. The van der Waals surface area contributed by atoms with Crippen molar-refractivity contribution in [1.29, 1.82) is 0 Å². The van der Waals surface area contributed by atoms with Gasteiger partial charge in [0.25, 0.3) is 0 Å². The highest BCUT2D eigenvalue weighted by Crippen LogP contribution is 2.29. The molecule has 2 rings (SSSR count). The van der Waals surface area contributed by atoms with Crippen LogP contribution in [0.4, 0.5) is 4.39 Å². The molecule has 0 aliphatic carbocycles. The van der Waals surface area contributed by atoms with Gasteiger partial charge in [0.05, 0.1) is 10.9 Å². The predicted octanol–water partition coefficient (Wildman–Crippen LogP) is 2.95. The van der Waals surface area contributed by atoms with Crippen molar-refractivity contribution < 1.29 is 14.3 Å². The van der Waals surface area contributed by atoms with E-state index in [1.807, 2.05) is 6.92 Å². The average molecular weight is 272 g/mol. The van der Waals surface area contributed by atoms with Crippen molar-refractivity contribution >= 4 is 17.6 Å². The van der Waals surface area contributed by atoms with Crippen molar-refractivity contribution in [3.8, 4) is 0 Å². The van der Waals surface area contributed by atoms with E-state index in [1.54, 1.807) is 12.1 Å². The average Bonchev–Trinajstić information content (AvgIpc) is 2.81. The molecule has 1 heterocycles. The third kappa shape index (κ3) is 2.65. The van der Waals surface area contributed by atoms with Gasteiger partial charge in [-0.2, -0.15) is 0 Å². The lowest BCUT2D eigenvalue weighted by molar-refractivity contribution is -0.141. The van der Waals surface area contributed by atoms with E-state index in [1.165, 1.54) is 6.07 Å². The minimum absolute atomic E-state index is 0.0486. The molecule has 0 amide bonds. The molecule has 1 aliphatic heterocycles. The largest absolute Gasteiger partial charge is 0.481 e. The van der Waals surface area contributed by atoms with Crippen LogP contribution in [-0.2, 0) is 4.79 Å². The van der Waals surface area contributed by atoms with Gasteiger partial charge in [-0.15, -0.1) is 0 Å². The molecule has 2 atom stereocenters. The Hall–Kier alpha value is -1.13. The zero-order chi connectivity index (χ0) is 13.3. The van der Waals surface area contributed by atoms with E-state index in [-0.39, 0.29) is 17.0 Å². The molecule has 1 saturated heterocycles. The fourth-order valence-corrected chi connectivity index (χ4v) is 2.51. The van der Waals surface area contributed by atoms with Gasteiger partial charge in [-0.3, -0.25) is 9.69 Å². The van der Waals surface area contributed by atoms with Gasteiger partial charge in [0, 0.05) is 12.6 Å². The first-order valence-electron chi connectivity index (χ1n) is 5.91. The third-order valence-corrected chi connectivity index (χ3v) is 3.83. The number of hydrogen-bond acceptors (Lipinski definition) is 2. The first-order chi connectivity index (χ1) is 8.49. The second-order valence-corrected chi connectivity index (χ2v) is 5.08. The Morgan fingerprint density at radius 1 is 1.61 bits per heavy atom. The number of hydrogen-bond donors (Lipinski definition) is 1. The van der Waals surface area contributed by atoms with Gasteiger partial charge < -0.3 is 5.11 Å². The van der Waals surface area contributed by atoms with Crippen LogP contribution in [0.2, 0.25) is 5.02 Å². The van der Waals surface area contributed by atoms with Crippen molar-refractivity contribution in [3.63, 3.8) is 0 Å². The normalized spacial score (nSPS) is 22.1. The quantitative estimate of drug-likeness (QED) is 0.919. The van der Waals surface area contributed by atoms with Crippen LogP contribution in [0.5, 0.6) is 0 Å². The first-order valence-corrected chi connectivity index (χ1v) is 6.28. The molecule has 1 fully saturated rings. The Bertz CT molecular complexity index is 466. The molecule has 0 spiro atoms. The van der Waals surface area contributed by atoms with Crippen LogP contribution in [-0.4, -0.2) is 29.1 Å². The monoisotopic (exact) mass is 271 g/mol. The molecular weight excluding hydrogens is 257 g/mol. The maximum absolute atomic E-state index is 13.1. The molecule has 0 unspecified atom stereocenters. The maximum atomic E-state index is 13.1. The van der Waals surface area contributed by atoms with Crippen LogP contribution in [0.1, 0.15) is 24.9 Å². The minimum Gasteiger partial charge on any atom is -0.481 e. The smallest absolute Gasteiger partial charge is 0.307 e. The highest BCUT2D eigenvalue weighted by atomic mass is 35.5. The number of nitrogens with zero attached hydrogens (tertiary/aromatic N) is 1. The summed E-state index contributed by atoms with van der Waals surface area (Å²) in [5, 5.41) is 9.07. The van der Waals surface area contributed by atoms with Gasteiger partial charge in [-0.05, 0) is 37.6 Å². The Balaban J connectivity index is 2.10. The number of carboxylic acids is 1. The number of aliphatic carboxylic acids is 1. The summed E-state index contributed by atoms with van der Waals surface area (Å²) in [6.45, 7) is 3.26. The number of rotatable bonds is 3. The van der Waals surface area contributed by atoms with E-state index >= 15 is 0 Å². The van der Waals surface area contributed by atoms with E-state index < -0.39 is 11.8 Å². The highest BCUT2D eigenvalue weighted by Gasteiger charge is 2.31. The molecule has 5 heteroatoms. The van der Waals surface area contributed by atoms with Gasteiger partial charge in [-0.1, -0.05) is 17.7 Å². The summed E-state index contributed by atoms with van der Waals surface area (Å²) in [4.78, 5) is 13.0. The lowest BCUT2D eigenvalue weighted by atomic mass is 10.1. The van der Waals surface area contributed by atoms with E-state index in [0.29, 0.717) is 13.0 Å². The number of likely N-dealkylation sites (tertiary alicyclic amines) is 1. The summed E-state index contributed by atoms with van der Waals surface area (Å²) in [5.41, 5.74) is 0.910. The SMILES string of the molecule is C[C@@H](c1ccc(F)c(Cl)c1)N1CC[C@H](C(=O)O)C1. The van der Waals surface area contributed by atoms with E-state index in [4.69, 9.17) is 16.7 Å². The number of halogens is 2. The molecule has 18 heavy (non-hydrogen) atoms. The summed E-state index contributed by atoms with van der Waals surface area (Å²) < 4.78 is 13.1. The standard InChI is InChI=1S/C13H15ClFNO2/c1-8(9-2-3-12(15)11(14)6-9)16-5-4-10(7-16)13(17)18/h2-3,6,8,10H,4-5,7H2,1H3,(H,17,18)/t8-,10-/m0/s1. The van der Waals surface area contributed by atoms with Crippen LogP contribution in [0.25, 0.3) is 0 Å². The van der Waals surface area contributed by atoms with Gasteiger partial charge in [0.1, 0.15) is 5.82 Å². The van der Waals surface area contributed by atoms with E-state index in [0.717, 1.165) is 12.1 Å². The van der Waals surface area contributed by atoms with Crippen LogP contribution < -0.4 is 0 Å². The van der Waals surface area contributed by atoms with E-state index in [2.05, 4.69) is 4.90 Å². The molecule has 1 N–H and O–H groups in total. The summed E-state index contributed by atoms with van der Waals surface area (Å²) in [7, 11) is 0. The fraction of sp³-hybridized carbons (Fsp3) is 0.462. The highest BCUT2D eigenvalue weighted by molar-refractivity contribution is 6.30. The minimum atomic E-state index is -0.748. The summed E-state index contributed by atoms with van der Waals surface area (Å²) >= 11 is 5.76. The van der Waals surface area contributed by atoms with Crippen molar-refractivity contribution in [2.24, 2.45) is 5.92 Å². The van der Waals surface area contributed by atoms with Gasteiger partial charge in [0.15, 0.2) is 0 Å². The molecule has 98 valence electrons. The number of carbonyl (C=O) groups is 1. The zero-order valence-corrected chi connectivity index (χ0v) is 10.8. The van der Waals surface area contributed by atoms with Gasteiger partial charge in [0.2, 0.25) is 0 Å². The van der Waals surface area contributed by atoms with Crippen molar-refractivity contribution in [3.05, 3.63) is 34.6 Å². The van der Waals surface area contributed by atoms with Crippen molar-refractivity contribution in [2.75, 3.05) is 13.1 Å². The van der Waals surface area contributed by atoms with Crippen molar-refractivity contribution in [1.82, 2.24) is 4.90 Å².